The lowest BCUT2D eigenvalue weighted by atomic mass is 10.1. The van der Waals surface area contributed by atoms with Crippen molar-refractivity contribution in [2.75, 3.05) is 32.7 Å². The van der Waals surface area contributed by atoms with Gasteiger partial charge in [0.2, 0.25) is 5.91 Å². The molecular weight excluding hydrogens is 487 g/mol. The third kappa shape index (κ3) is 6.18. The lowest BCUT2D eigenvalue weighted by molar-refractivity contribution is -0.139. The number of benzene rings is 1. The Balaban J connectivity index is 1.32. The van der Waals surface area contributed by atoms with Crippen LogP contribution in [0.5, 0.6) is 5.75 Å². The zero-order valence-corrected chi connectivity index (χ0v) is 21.6. The molecule has 2 saturated heterocycles. The van der Waals surface area contributed by atoms with Crippen molar-refractivity contribution in [1.29, 1.82) is 0 Å². The smallest absolute Gasteiger partial charge is 0.270 e. The Morgan fingerprint density at radius 2 is 1.86 bits per heavy atom. The summed E-state index contributed by atoms with van der Waals surface area (Å²) in [5, 5.41) is 0.236. The molecule has 1 aromatic rings. The number of nitrogens with zero attached hydrogens (tertiary/aromatic N) is 3. The van der Waals surface area contributed by atoms with Crippen molar-refractivity contribution in [2.24, 2.45) is 10.7 Å². The van der Waals surface area contributed by atoms with Crippen LogP contribution in [0.1, 0.15) is 46.0 Å². The summed E-state index contributed by atoms with van der Waals surface area (Å²) in [6, 6.07) is 4.43. The number of morpholine rings is 1. The number of para-hydroxylation sites is 1. The van der Waals surface area contributed by atoms with E-state index in [1.54, 1.807) is 15.9 Å². The first kappa shape index (κ1) is 26.4. The first-order valence-corrected chi connectivity index (χ1v) is 13.0. The van der Waals surface area contributed by atoms with Crippen LogP contribution in [0.3, 0.4) is 0 Å². The quantitative estimate of drug-likeness (QED) is 0.601. The second-order valence-corrected chi connectivity index (χ2v) is 10.1. The zero-order chi connectivity index (χ0) is 25.8. The molecule has 2 N–H and O–H groups in total. The summed E-state index contributed by atoms with van der Waals surface area (Å²) in [6.07, 6.45) is 3.11. The maximum Gasteiger partial charge on any atom is 0.270 e. The normalized spacial score (nSPS) is 25.8. The number of amides is 2. The Morgan fingerprint density at radius 3 is 2.53 bits per heavy atom. The van der Waals surface area contributed by atoms with Crippen LogP contribution in [0, 0.1) is 5.82 Å². The van der Waals surface area contributed by atoms with E-state index < -0.39 is 5.82 Å². The molecule has 1 saturated carbocycles. The second kappa shape index (κ2) is 11.6. The summed E-state index contributed by atoms with van der Waals surface area (Å²) in [6.45, 7) is 5.90. The van der Waals surface area contributed by atoms with Gasteiger partial charge in [0.15, 0.2) is 11.6 Å². The number of halogens is 2. The van der Waals surface area contributed by atoms with Crippen LogP contribution in [-0.2, 0) is 14.3 Å². The third-order valence-corrected chi connectivity index (χ3v) is 7.15. The van der Waals surface area contributed by atoms with E-state index in [-0.39, 0.29) is 53.1 Å². The average molecular weight is 521 g/mol. The maximum atomic E-state index is 14.0. The molecule has 1 aromatic carbocycles. The molecule has 196 valence electrons. The van der Waals surface area contributed by atoms with Crippen molar-refractivity contribution < 1.29 is 23.5 Å². The maximum absolute atomic E-state index is 14.0. The van der Waals surface area contributed by atoms with Gasteiger partial charge in [-0.05, 0) is 45.2 Å². The Hall–Kier alpha value is -2.65. The number of piperidine rings is 1. The Kier molecular flexibility index (Phi) is 8.51. The molecule has 2 aliphatic heterocycles. The molecule has 2 amide bonds. The van der Waals surface area contributed by atoms with Gasteiger partial charge < -0.3 is 25.0 Å². The number of likely N-dealkylation sites (tertiary alicyclic amines) is 1. The summed E-state index contributed by atoms with van der Waals surface area (Å²) < 4.78 is 25.5. The van der Waals surface area contributed by atoms with Crippen LogP contribution in [0.25, 0.3) is 0 Å². The van der Waals surface area contributed by atoms with E-state index in [0.29, 0.717) is 51.9 Å². The highest BCUT2D eigenvalue weighted by Crippen LogP contribution is 2.30. The fourth-order valence-corrected chi connectivity index (χ4v) is 5.29. The number of aliphatic imine (C=N–C) groups is 1. The largest absolute Gasteiger partial charge is 0.486 e. The fourth-order valence-electron chi connectivity index (χ4n) is 5.08. The molecule has 8 nitrogen and oxygen atoms in total. The number of nitrogens with two attached hydrogens (primary N) is 1. The summed E-state index contributed by atoms with van der Waals surface area (Å²) in [5.41, 5.74) is 8.04. The molecule has 0 aromatic heterocycles. The molecule has 0 spiro atoms. The molecule has 10 heteroatoms. The number of carbonyl (C=O) groups is 2. The monoisotopic (exact) mass is 520 g/mol. The zero-order valence-electron chi connectivity index (χ0n) is 20.8. The van der Waals surface area contributed by atoms with E-state index in [9.17, 15) is 14.0 Å². The molecule has 3 aliphatic rings. The lowest BCUT2D eigenvalue weighted by Crippen LogP contribution is -2.49. The minimum Gasteiger partial charge on any atom is -0.486 e. The van der Waals surface area contributed by atoms with Crippen LogP contribution in [0.4, 0.5) is 4.39 Å². The summed E-state index contributed by atoms with van der Waals surface area (Å²) in [7, 11) is 0. The minimum absolute atomic E-state index is 0.0105. The predicted octanol–water partition coefficient (Wildman–Crippen LogP) is 3.32. The van der Waals surface area contributed by atoms with E-state index >= 15 is 0 Å². The third-order valence-electron chi connectivity index (χ3n) is 6.85. The second-order valence-electron chi connectivity index (χ2n) is 9.72. The van der Waals surface area contributed by atoms with Crippen LogP contribution >= 0.6 is 11.6 Å². The number of carbonyl (C=O) groups excluding carboxylic acids is 2. The minimum atomic E-state index is -0.493. The van der Waals surface area contributed by atoms with Crippen molar-refractivity contribution in [1.82, 2.24) is 9.80 Å². The summed E-state index contributed by atoms with van der Waals surface area (Å²) >= 11 is 6.06. The molecular formula is C26H34ClFN4O4. The van der Waals surface area contributed by atoms with Gasteiger partial charge in [-0.1, -0.05) is 17.7 Å². The molecule has 0 bridgehead atoms. The van der Waals surface area contributed by atoms with E-state index in [1.807, 2.05) is 13.8 Å². The molecule has 2 heterocycles. The molecule has 1 aliphatic carbocycles. The first-order valence-electron chi connectivity index (χ1n) is 12.6. The van der Waals surface area contributed by atoms with Gasteiger partial charge in [0.25, 0.3) is 5.91 Å². The van der Waals surface area contributed by atoms with E-state index in [0.717, 1.165) is 17.7 Å². The van der Waals surface area contributed by atoms with Crippen molar-refractivity contribution in [3.8, 4) is 5.75 Å². The van der Waals surface area contributed by atoms with Gasteiger partial charge in [-0.15, -0.1) is 0 Å². The van der Waals surface area contributed by atoms with E-state index in [2.05, 4.69) is 4.99 Å². The average Bonchev–Trinajstić information content (AvgIpc) is 3.32. The molecule has 0 unspecified atom stereocenters. The molecule has 2 atom stereocenters. The van der Waals surface area contributed by atoms with Crippen molar-refractivity contribution >= 4 is 29.1 Å². The number of ether oxygens (including phenoxy) is 2. The molecule has 36 heavy (non-hydrogen) atoms. The van der Waals surface area contributed by atoms with Crippen molar-refractivity contribution in [3.63, 3.8) is 0 Å². The van der Waals surface area contributed by atoms with Gasteiger partial charge in [0, 0.05) is 50.3 Å². The van der Waals surface area contributed by atoms with Gasteiger partial charge >= 0.3 is 0 Å². The van der Waals surface area contributed by atoms with Crippen molar-refractivity contribution in [2.45, 2.75) is 64.3 Å². The van der Waals surface area contributed by atoms with Gasteiger partial charge in [-0.2, -0.15) is 0 Å². The highest BCUT2D eigenvalue weighted by Gasteiger charge is 2.30. The Morgan fingerprint density at radius 1 is 1.17 bits per heavy atom. The predicted molar refractivity (Wildman–Crippen MR) is 136 cm³/mol. The summed E-state index contributed by atoms with van der Waals surface area (Å²) in [5.74, 6) is -0.710. The van der Waals surface area contributed by atoms with Crippen LogP contribution in [0.2, 0.25) is 5.02 Å². The Labute approximate surface area is 216 Å². The number of allylic oxidation sites excluding steroid dienone is 1. The van der Waals surface area contributed by atoms with E-state index in [1.165, 1.54) is 12.1 Å². The van der Waals surface area contributed by atoms with Gasteiger partial charge in [0.05, 0.1) is 17.2 Å². The SMILES string of the molecule is C[C@@H]1CN(C(=O)C(N)=C2CCCC2=NCC(=O)N2CCC(Oc3c(F)cccc3Cl)CC2)C[C@H](C)O1. The standard InChI is InChI=1S/C26H34ClFN4O4/c1-16-14-32(15-17(2)35-16)26(34)24(29)19-5-3-8-22(19)30-13-23(33)31-11-9-18(10-12-31)36-25-20(27)6-4-7-21(25)28/h4,6-7,16-18H,3,5,8-15,29H2,1-2H3/t16-,17+. The topological polar surface area (TPSA) is 97.5 Å². The first-order chi connectivity index (χ1) is 17.2. The van der Waals surface area contributed by atoms with Crippen molar-refractivity contribution in [3.05, 3.63) is 40.3 Å². The van der Waals surface area contributed by atoms with Gasteiger partial charge in [0.1, 0.15) is 18.3 Å². The Bertz CT molecular complexity index is 1020. The number of hydrogen-bond acceptors (Lipinski definition) is 6. The van der Waals surface area contributed by atoms with Crippen LogP contribution in [-0.4, -0.2) is 78.4 Å². The highest BCUT2D eigenvalue weighted by molar-refractivity contribution is 6.32. The molecule has 0 radical (unpaired) electrons. The number of hydrogen-bond donors (Lipinski definition) is 1. The highest BCUT2D eigenvalue weighted by atomic mass is 35.5. The lowest BCUT2D eigenvalue weighted by Gasteiger charge is -2.35. The fraction of sp³-hybridized carbons (Fsp3) is 0.577. The van der Waals surface area contributed by atoms with Gasteiger partial charge in [-0.3, -0.25) is 14.6 Å². The van der Waals surface area contributed by atoms with Gasteiger partial charge in [-0.25, -0.2) is 4.39 Å². The van der Waals surface area contributed by atoms with Crippen LogP contribution < -0.4 is 10.5 Å². The van der Waals surface area contributed by atoms with E-state index in [4.69, 9.17) is 26.8 Å². The van der Waals surface area contributed by atoms with Crippen LogP contribution in [0.15, 0.2) is 34.5 Å². The summed E-state index contributed by atoms with van der Waals surface area (Å²) in [4.78, 5) is 33.9. The molecule has 4 rings (SSSR count). The number of rotatable bonds is 5. The molecule has 3 fully saturated rings.